The number of para-hydroxylation sites is 2. The van der Waals surface area contributed by atoms with Crippen LogP contribution in [-0.2, 0) is 16.0 Å². The molecule has 0 saturated heterocycles. The van der Waals surface area contributed by atoms with E-state index >= 15 is 0 Å². The summed E-state index contributed by atoms with van der Waals surface area (Å²) in [6.07, 6.45) is 0.748. The van der Waals surface area contributed by atoms with Crippen LogP contribution >= 0.6 is 0 Å². The van der Waals surface area contributed by atoms with Gasteiger partial charge in [-0.2, -0.15) is 0 Å². The molecule has 2 N–H and O–H groups in total. The maximum Gasteiger partial charge on any atom is 0.227 e. The number of aromatic amines is 1. The van der Waals surface area contributed by atoms with Crippen LogP contribution in [0.3, 0.4) is 0 Å². The summed E-state index contributed by atoms with van der Waals surface area (Å²) in [5.41, 5.74) is 5.14. The average molecular weight is 361 g/mol. The largest absolute Gasteiger partial charge is 0.358 e. The Morgan fingerprint density at radius 1 is 1.19 bits per heavy atom. The zero-order chi connectivity index (χ0) is 19.0. The molecule has 5 nitrogen and oxygen atoms in total. The molecule has 27 heavy (non-hydrogen) atoms. The van der Waals surface area contributed by atoms with Gasteiger partial charge in [0.1, 0.15) is 0 Å². The van der Waals surface area contributed by atoms with Gasteiger partial charge in [0.2, 0.25) is 11.8 Å². The molecule has 1 atom stereocenters. The molecule has 5 heteroatoms. The molecule has 1 aliphatic rings. The zero-order valence-electron chi connectivity index (χ0n) is 15.6. The van der Waals surface area contributed by atoms with Gasteiger partial charge in [-0.05, 0) is 30.2 Å². The van der Waals surface area contributed by atoms with Gasteiger partial charge in [-0.3, -0.25) is 9.59 Å². The summed E-state index contributed by atoms with van der Waals surface area (Å²) >= 11 is 0. The predicted molar refractivity (Wildman–Crippen MR) is 107 cm³/mol. The number of H-pyrrole nitrogens is 1. The molecule has 1 aliphatic heterocycles. The fourth-order valence-electron chi connectivity index (χ4n) is 3.93. The molecule has 0 fully saturated rings. The van der Waals surface area contributed by atoms with Crippen molar-refractivity contribution in [3.05, 3.63) is 65.4 Å². The van der Waals surface area contributed by atoms with Crippen LogP contribution in [0.1, 0.15) is 29.2 Å². The van der Waals surface area contributed by atoms with Crippen molar-refractivity contribution in [1.29, 1.82) is 0 Å². The van der Waals surface area contributed by atoms with Gasteiger partial charge in [-0.1, -0.05) is 36.4 Å². The Balaban J connectivity index is 1.47. The highest BCUT2D eigenvalue weighted by molar-refractivity contribution is 5.97. The first-order chi connectivity index (χ1) is 13.0. The van der Waals surface area contributed by atoms with Gasteiger partial charge in [0.05, 0.1) is 6.42 Å². The SMILES string of the molecule is Cc1[nH]c2ccccc2c1CC(=O)NCC1CC(=O)N(C)c2ccccc21. The molecule has 0 saturated carbocycles. The van der Waals surface area contributed by atoms with Crippen molar-refractivity contribution in [2.45, 2.75) is 25.7 Å². The number of carbonyl (C=O) groups is 2. The topological polar surface area (TPSA) is 65.2 Å². The third kappa shape index (κ3) is 3.21. The number of nitrogens with zero attached hydrogens (tertiary/aromatic N) is 1. The van der Waals surface area contributed by atoms with E-state index in [-0.39, 0.29) is 17.7 Å². The minimum absolute atomic E-state index is 0.0120. The highest BCUT2D eigenvalue weighted by Crippen LogP contribution is 2.34. The van der Waals surface area contributed by atoms with Gasteiger partial charge in [-0.25, -0.2) is 0 Å². The van der Waals surface area contributed by atoms with Crippen LogP contribution in [0.25, 0.3) is 10.9 Å². The van der Waals surface area contributed by atoms with E-state index in [0.29, 0.717) is 19.4 Å². The van der Waals surface area contributed by atoms with Crippen molar-refractivity contribution < 1.29 is 9.59 Å². The normalized spacial score (nSPS) is 16.4. The molecule has 2 heterocycles. The number of hydrogen-bond acceptors (Lipinski definition) is 2. The molecule has 0 aliphatic carbocycles. The summed E-state index contributed by atoms with van der Waals surface area (Å²) in [6.45, 7) is 2.46. The van der Waals surface area contributed by atoms with Crippen LogP contribution in [0.15, 0.2) is 48.5 Å². The van der Waals surface area contributed by atoms with Gasteiger partial charge < -0.3 is 15.2 Å². The molecule has 1 unspecified atom stereocenters. The number of carbonyl (C=O) groups excluding carboxylic acids is 2. The van der Waals surface area contributed by atoms with E-state index < -0.39 is 0 Å². The Labute approximate surface area is 158 Å². The highest BCUT2D eigenvalue weighted by Gasteiger charge is 2.29. The van der Waals surface area contributed by atoms with Crippen LogP contribution < -0.4 is 10.2 Å². The van der Waals surface area contributed by atoms with E-state index in [1.807, 2.05) is 55.5 Å². The average Bonchev–Trinajstić information content (AvgIpc) is 2.99. The Kier molecular flexibility index (Phi) is 4.44. The number of anilines is 1. The van der Waals surface area contributed by atoms with E-state index in [1.54, 1.807) is 11.9 Å². The van der Waals surface area contributed by atoms with Crippen LogP contribution in [0.5, 0.6) is 0 Å². The summed E-state index contributed by atoms with van der Waals surface area (Å²) < 4.78 is 0. The molecular weight excluding hydrogens is 338 g/mol. The molecular formula is C22H23N3O2. The molecule has 1 aromatic heterocycles. The summed E-state index contributed by atoms with van der Waals surface area (Å²) in [6, 6.07) is 15.9. The summed E-state index contributed by atoms with van der Waals surface area (Å²) in [5, 5.41) is 4.12. The summed E-state index contributed by atoms with van der Waals surface area (Å²) in [4.78, 5) is 29.9. The van der Waals surface area contributed by atoms with E-state index in [9.17, 15) is 9.59 Å². The number of nitrogens with one attached hydrogen (secondary N) is 2. The van der Waals surface area contributed by atoms with Gasteiger partial charge >= 0.3 is 0 Å². The summed E-state index contributed by atoms with van der Waals surface area (Å²) in [7, 11) is 1.80. The quantitative estimate of drug-likeness (QED) is 0.749. The fourth-order valence-corrected chi connectivity index (χ4v) is 3.93. The van der Waals surface area contributed by atoms with Crippen LogP contribution in [0, 0.1) is 6.92 Å². The highest BCUT2D eigenvalue weighted by atomic mass is 16.2. The lowest BCUT2D eigenvalue weighted by Crippen LogP contribution is -2.38. The van der Waals surface area contributed by atoms with Gasteiger partial charge in [0.15, 0.2) is 0 Å². The number of amides is 2. The number of aryl methyl sites for hydroxylation is 1. The van der Waals surface area contributed by atoms with Crippen LogP contribution in [0.4, 0.5) is 5.69 Å². The monoisotopic (exact) mass is 361 g/mol. The fraction of sp³-hybridized carbons (Fsp3) is 0.273. The number of fused-ring (bicyclic) bond motifs is 2. The number of benzene rings is 2. The first kappa shape index (κ1) is 17.3. The lowest BCUT2D eigenvalue weighted by atomic mass is 9.89. The van der Waals surface area contributed by atoms with E-state index in [2.05, 4.69) is 10.3 Å². The Hall–Kier alpha value is -3.08. The first-order valence-electron chi connectivity index (χ1n) is 9.23. The number of rotatable bonds is 4. The second-order valence-corrected chi connectivity index (χ2v) is 7.17. The Morgan fingerprint density at radius 3 is 2.78 bits per heavy atom. The molecule has 0 bridgehead atoms. The standard InChI is InChI=1S/C22H23N3O2/c1-14-18(17-8-3-5-9-19(17)24-14)12-21(26)23-13-15-11-22(27)25(2)20-10-6-4-7-16(15)20/h3-10,15,24H,11-13H2,1-2H3,(H,23,26). The smallest absolute Gasteiger partial charge is 0.227 e. The van der Waals surface area contributed by atoms with Crippen molar-refractivity contribution in [1.82, 2.24) is 10.3 Å². The second-order valence-electron chi connectivity index (χ2n) is 7.17. The Bertz CT molecular complexity index is 1020. The van der Waals surface area contributed by atoms with Crippen molar-refractivity contribution in [2.75, 3.05) is 18.5 Å². The molecule has 2 amide bonds. The van der Waals surface area contributed by atoms with Crippen molar-refractivity contribution >= 4 is 28.4 Å². The Morgan fingerprint density at radius 2 is 1.93 bits per heavy atom. The van der Waals surface area contributed by atoms with Crippen molar-refractivity contribution in [3.8, 4) is 0 Å². The molecule has 3 aromatic rings. The van der Waals surface area contributed by atoms with Gasteiger partial charge in [-0.15, -0.1) is 0 Å². The number of hydrogen-bond donors (Lipinski definition) is 2. The van der Waals surface area contributed by atoms with Gasteiger partial charge in [0.25, 0.3) is 0 Å². The van der Waals surface area contributed by atoms with E-state index in [4.69, 9.17) is 0 Å². The molecule has 0 spiro atoms. The number of aromatic nitrogens is 1. The second kappa shape index (κ2) is 6.91. The van der Waals surface area contributed by atoms with E-state index in [0.717, 1.165) is 33.4 Å². The molecule has 138 valence electrons. The predicted octanol–water partition coefficient (Wildman–Crippen LogP) is 3.29. The van der Waals surface area contributed by atoms with Crippen molar-refractivity contribution in [3.63, 3.8) is 0 Å². The zero-order valence-corrected chi connectivity index (χ0v) is 15.6. The molecule has 0 radical (unpaired) electrons. The first-order valence-corrected chi connectivity index (χ1v) is 9.23. The molecule has 2 aromatic carbocycles. The maximum absolute atomic E-state index is 12.6. The maximum atomic E-state index is 12.6. The third-order valence-electron chi connectivity index (χ3n) is 5.44. The lowest BCUT2D eigenvalue weighted by molar-refractivity contribution is -0.121. The minimum atomic E-state index is -0.0216. The van der Waals surface area contributed by atoms with E-state index in [1.165, 1.54) is 0 Å². The minimum Gasteiger partial charge on any atom is -0.358 e. The van der Waals surface area contributed by atoms with Crippen LogP contribution in [0.2, 0.25) is 0 Å². The molecule has 4 rings (SSSR count). The van der Waals surface area contributed by atoms with Crippen LogP contribution in [-0.4, -0.2) is 30.4 Å². The third-order valence-corrected chi connectivity index (χ3v) is 5.44. The van der Waals surface area contributed by atoms with Crippen molar-refractivity contribution in [2.24, 2.45) is 0 Å². The van der Waals surface area contributed by atoms with Gasteiger partial charge in [0, 0.05) is 48.2 Å². The lowest BCUT2D eigenvalue weighted by Gasteiger charge is -2.31. The summed E-state index contributed by atoms with van der Waals surface area (Å²) in [5.74, 6) is 0.0741.